The molecule has 1 aliphatic heterocycles. The van der Waals surface area contributed by atoms with Gasteiger partial charge in [0.1, 0.15) is 0 Å². The highest BCUT2D eigenvalue weighted by Crippen LogP contribution is 2.19. The molecule has 0 amide bonds. The topological polar surface area (TPSA) is 50.5 Å². The number of nitriles is 1. The molecule has 3 unspecified atom stereocenters. The van der Waals surface area contributed by atoms with Crippen molar-refractivity contribution in [2.24, 2.45) is 0 Å². The number of piperazine rings is 1. The van der Waals surface area contributed by atoms with E-state index in [1.807, 2.05) is 12.1 Å². The van der Waals surface area contributed by atoms with Crippen molar-refractivity contribution in [1.82, 2.24) is 9.80 Å². The molecule has 0 bridgehead atoms. The summed E-state index contributed by atoms with van der Waals surface area (Å²) in [5, 5.41) is 19.1. The SMILES string of the molecule is CC1CN(CC(O)c2ccc(C#N)cc2)CC(C)N1C. The van der Waals surface area contributed by atoms with Gasteiger partial charge in [0.2, 0.25) is 0 Å². The van der Waals surface area contributed by atoms with E-state index >= 15 is 0 Å². The summed E-state index contributed by atoms with van der Waals surface area (Å²) in [5.41, 5.74) is 1.51. The molecule has 20 heavy (non-hydrogen) atoms. The Morgan fingerprint density at radius 1 is 1.25 bits per heavy atom. The monoisotopic (exact) mass is 273 g/mol. The van der Waals surface area contributed by atoms with Crippen molar-refractivity contribution in [2.45, 2.75) is 32.0 Å². The van der Waals surface area contributed by atoms with Crippen molar-refractivity contribution in [2.75, 3.05) is 26.7 Å². The van der Waals surface area contributed by atoms with Crippen LogP contribution in [0.2, 0.25) is 0 Å². The quantitative estimate of drug-likeness (QED) is 0.909. The van der Waals surface area contributed by atoms with E-state index in [0.29, 0.717) is 24.2 Å². The summed E-state index contributed by atoms with van der Waals surface area (Å²) in [6.07, 6.45) is -0.495. The number of aliphatic hydroxyl groups is 1. The van der Waals surface area contributed by atoms with Gasteiger partial charge in [-0.15, -0.1) is 0 Å². The van der Waals surface area contributed by atoms with E-state index in [4.69, 9.17) is 5.26 Å². The molecular weight excluding hydrogens is 250 g/mol. The van der Waals surface area contributed by atoms with Gasteiger partial charge < -0.3 is 5.11 Å². The first-order valence-corrected chi connectivity index (χ1v) is 7.13. The number of likely N-dealkylation sites (N-methyl/N-ethyl adjacent to an activating group) is 1. The summed E-state index contributed by atoms with van der Waals surface area (Å²) < 4.78 is 0. The summed E-state index contributed by atoms with van der Waals surface area (Å²) in [6, 6.07) is 10.3. The first-order chi connectivity index (χ1) is 9.51. The highest BCUT2D eigenvalue weighted by atomic mass is 16.3. The van der Waals surface area contributed by atoms with Crippen molar-refractivity contribution in [3.8, 4) is 6.07 Å². The summed E-state index contributed by atoms with van der Waals surface area (Å²) in [7, 11) is 2.16. The normalized spacial score (nSPS) is 26.1. The maximum atomic E-state index is 10.3. The number of nitrogens with zero attached hydrogens (tertiary/aromatic N) is 3. The Morgan fingerprint density at radius 3 is 2.30 bits per heavy atom. The van der Waals surface area contributed by atoms with Gasteiger partial charge in [-0.1, -0.05) is 12.1 Å². The lowest BCUT2D eigenvalue weighted by Crippen LogP contribution is -2.55. The van der Waals surface area contributed by atoms with E-state index in [1.54, 1.807) is 12.1 Å². The van der Waals surface area contributed by atoms with E-state index in [9.17, 15) is 5.11 Å². The molecule has 0 radical (unpaired) electrons. The van der Waals surface area contributed by atoms with E-state index in [2.05, 4.69) is 36.8 Å². The van der Waals surface area contributed by atoms with E-state index < -0.39 is 6.10 Å². The molecule has 1 aromatic rings. The molecule has 1 N–H and O–H groups in total. The Bertz CT molecular complexity index is 467. The van der Waals surface area contributed by atoms with Gasteiger partial charge in [-0.3, -0.25) is 9.80 Å². The molecule has 0 aliphatic carbocycles. The number of hydrogen-bond donors (Lipinski definition) is 1. The van der Waals surface area contributed by atoms with Gasteiger partial charge in [0, 0.05) is 31.7 Å². The van der Waals surface area contributed by atoms with Crippen LogP contribution in [0.3, 0.4) is 0 Å². The lowest BCUT2D eigenvalue weighted by molar-refractivity contribution is 0.0282. The molecule has 1 fully saturated rings. The molecule has 3 atom stereocenters. The average molecular weight is 273 g/mol. The number of hydrogen-bond acceptors (Lipinski definition) is 4. The largest absolute Gasteiger partial charge is 0.387 e. The Kier molecular flexibility index (Phi) is 4.77. The predicted octanol–water partition coefficient (Wildman–Crippen LogP) is 1.62. The third-order valence-electron chi connectivity index (χ3n) is 4.29. The molecule has 1 aromatic carbocycles. The summed E-state index contributed by atoms with van der Waals surface area (Å²) in [5.74, 6) is 0. The lowest BCUT2D eigenvalue weighted by Gasteiger charge is -2.43. The molecule has 1 aliphatic rings. The molecule has 1 saturated heterocycles. The van der Waals surface area contributed by atoms with Crippen LogP contribution in [0.5, 0.6) is 0 Å². The second kappa shape index (κ2) is 6.36. The van der Waals surface area contributed by atoms with Crippen LogP contribution in [0, 0.1) is 11.3 Å². The summed E-state index contributed by atoms with van der Waals surface area (Å²) in [6.45, 7) is 7.05. The van der Waals surface area contributed by atoms with Crippen LogP contribution in [0.25, 0.3) is 0 Å². The number of β-amino-alcohol motifs (C(OH)–C–C–N with tert-alkyl or cyclic N) is 1. The zero-order valence-electron chi connectivity index (χ0n) is 12.5. The third kappa shape index (κ3) is 3.37. The molecule has 1 heterocycles. The molecule has 108 valence electrons. The van der Waals surface area contributed by atoms with Crippen molar-refractivity contribution < 1.29 is 5.11 Å². The summed E-state index contributed by atoms with van der Waals surface area (Å²) in [4.78, 5) is 4.70. The average Bonchev–Trinajstić information content (AvgIpc) is 2.44. The number of benzene rings is 1. The zero-order valence-corrected chi connectivity index (χ0v) is 12.5. The highest BCUT2D eigenvalue weighted by Gasteiger charge is 2.27. The van der Waals surface area contributed by atoms with Crippen LogP contribution >= 0.6 is 0 Å². The Labute approximate surface area is 121 Å². The minimum atomic E-state index is -0.495. The second-order valence-electron chi connectivity index (χ2n) is 5.83. The van der Waals surface area contributed by atoms with Gasteiger partial charge in [0.15, 0.2) is 0 Å². The Hall–Kier alpha value is -1.41. The molecular formula is C16H23N3O. The minimum absolute atomic E-state index is 0.495. The van der Waals surface area contributed by atoms with Crippen molar-refractivity contribution in [1.29, 1.82) is 5.26 Å². The van der Waals surface area contributed by atoms with Crippen molar-refractivity contribution >= 4 is 0 Å². The standard InChI is InChI=1S/C16H23N3O/c1-12-9-19(10-13(2)18(12)3)11-16(20)15-6-4-14(8-17)5-7-15/h4-7,12-13,16,20H,9-11H2,1-3H3. The number of rotatable bonds is 3. The fourth-order valence-electron chi connectivity index (χ4n) is 2.79. The van der Waals surface area contributed by atoms with Gasteiger partial charge in [0.05, 0.1) is 17.7 Å². The van der Waals surface area contributed by atoms with Gasteiger partial charge in [-0.2, -0.15) is 5.26 Å². The van der Waals surface area contributed by atoms with E-state index in [1.165, 1.54) is 0 Å². The smallest absolute Gasteiger partial charge is 0.0991 e. The Balaban J connectivity index is 1.97. The molecule has 4 heteroatoms. The van der Waals surface area contributed by atoms with Crippen LogP contribution in [0.15, 0.2) is 24.3 Å². The lowest BCUT2D eigenvalue weighted by atomic mass is 10.0. The maximum Gasteiger partial charge on any atom is 0.0991 e. The maximum absolute atomic E-state index is 10.3. The van der Waals surface area contributed by atoms with Gasteiger partial charge in [-0.05, 0) is 38.6 Å². The second-order valence-corrected chi connectivity index (χ2v) is 5.83. The van der Waals surface area contributed by atoms with E-state index in [0.717, 1.165) is 18.7 Å². The first-order valence-electron chi connectivity index (χ1n) is 7.13. The minimum Gasteiger partial charge on any atom is -0.387 e. The van der Waals surface area contributed by atoms with Crippen LogP contribution < -0.4 is 0 Å². The van der Waals surface area contributed by atoms with Crippen molar-refractivity contribution in [3.63, 3.8) is 0 Å². The molecule has 4 nitrogen and oxygen atoms in total. The van der Waals surface area contributed by atoms with Crippen LogP contribution in [-0.4, -0.2) is 53.7 Å². The zero-order chi connectivity index (χ0) is 14.7. The van der Waals surface area contributed by atoms with Crippen LogP contribution in [0.1, 0.15) is 31.1 Å². The van der Waals surface area contributed by atoms with Gasteiger partial charge >= 0.3 is 0 Å². The molecule has 0 saturated carbocycles. The molecule has 2 rings (SSSR count). The van der Waals surface area contributed by atoms with Gasteiger partial charge in [0.25, 0.3) is 0 Å². The van der Waals surface area contributed by atoms with Crippen LogP contribution in [-0.2, 0) is 0 Å². The summed E-state index contributed by atoms with van der Waals surface area (Å²) >= 11 is 0. The van der Waals surface area contributed by atoms with Gasteiger partial charge in [-0.25, -0.2) is 0 Å². The highest BCUT2D eigenvalue weighted by molar-refractivity contribution is 5.32. The molecule has 0 spiro atoms. The fraction of sp³-hybridized carbons (Fsp3) is 0.562. The Morgan fingerprint density at radius 2 is 1.80 bits per heavy atom. The first kappa shape index (κ1) is 15.0. The third-order valence-corrected chi connectivity index (χ3v) is 4.29. The predicted molar refractivity (Wildman–Crippen MR) is 79.2 cm³/mol. The number of aliphatic hydroxyl groups excluding tert-OH is 1. The van der Waals surface area contributed by atoms with E-state index in [-0.39, 0.29) is 0 Å². The van der Waals surface area contributed by atoms with Crippen molar-refractivity contribution in [3.05, 3.63) is 35.4 Å². The van der Waals surface area contributed by atoms with Crippen LogP contribution in [0.4, 0.5) is 0 Å². The molecule has 0 aromatic heterocycles. The fourth-order valence-corrected chi connectivity index (χ4v) is 2.79.